The molecule has 4 rings (SSSR count). The van der Waals surface area contributed by atoms with Crippen LogP contribution in [0.25, 0.3) is 5.69 Å². The van der Waals surface area contributed by atoms with Gasteiger partial charge in [0.2, 0.25) is 0 Å². The number of imidazole rings is 1. The summed E-state index contributed by atoms with van der Waals surface area (Å²) in [6.07, 6.45) is 9.48. The molecule has 1 aliphatic heterocycles. The molecular weight excluding hydrogens is 354 g/mol. The maximum absolute atomic E-state index is 13.0. The second kappa shape index (κ2) is 8.39. The molecule has 146 valence electrons. The zero-order valence-corrected chi connectivity index (χ0v) is 16.1. The average Bonchev–Trinajstić information content (AvgIpc) is 3.44. The van der Waals surface area contributed by atoms with Crippen LogP contribution >= 0.6 is 0 Å². The lowest BCUT2D eigenvalue weighted by Gasteiger charge is -2.32. The van der Waals surface area contributed by atoms with Gasteiger partial charge in [0.05, 0.1) is 12.3 Å². The number of carbonyl (C=O) groups excluding carboxylic acids is 1. The third-order valence-electron chi connectivity index (χ3n) is 5.24. The van der Waals surface area contributed by atoms with Gasteiger partial charge >= 0.3 is 0 Å². The number of likely N-dealkylation sites (tertiary alicyclic amines) is 1. The van der Waals surface area contributed by atoms with Gasteiger partial charge in [0.1, 0.15) is 5.82 Å². The standard InChI is InChI=1S/C21H25N5O2/c1-28-15-14-24-13-10-22-20(24)18-4-2-11-25(16-18)21(27)17-5-7-19(8-6-17)26-12-3-9-23-26/h3,5-10,12-13,18H,2,4,11,14-16H2,1H3. The van der Waals surface area contributed by atoms with Gasteiger partial charge in [-0.15, -0.1) is 0 Å². The van der Waals surface area contributed by atoms with E-state index in [1.165, 1.54) is 0 Å². The topological polar surface area (TPSA) is 65.2 Å². The predicted octanol–water partition coefficient (Wildman–Crippen LogP) is 2.74. The highest BCUT2D eigenvalue weighted by Crippen LogP contribution is 2.27. The lowest BCUT2D eigenvalue weighted by molar-refractivity contribution is 0.0702. The maximum Gasteiger partial charge on any atom is 0.253 e. The Bertz CT molecular complexity index is 901. The van der Waals surface area contributed by atoms with Crippen LogP contribution in [0, 0.1) is 0 Å². The Morgan fingerprint density at radius 3 is 2.82 bits per heavy atom. The first kappa shape index (κ1) is 18.4. The molecule has 7 nitrogen and oxygen atoms in total. The quantitative estimate of drug-likeness (QED) is 0.661. The number of aromatic nitrogens is 4. The summed E-state index contributed by atoms with van der Waals surface area (Å²) < 4.78 is 9.11. The Kier molecular flexibility index (Phi) is 5.53. The lowest BCUT2D eigenvalue weighted by atomic mass is 9.96. The number of piperidine rings is 1. The monoisotopic (exact) mass is 379 g/mol. The molecule has 0 N–H and O–H groups in total. The summed E-state index contributed by atoms with van der Waals surface area (Å²) in [6, 6.07) is 9.49. The molecule has 3 heterocycles. The van der Waals surface area contributed by atoms with Crippen molar-refractivity contribution in [3.8, 4) is 5.69 Å². The van der Waals surface area contributed by atoms with Crippen molar-refractivity contribution in [3.63, 3.8) is 0 Å². The van der Waals surface area contributed by atoms with Gasteiger partial charge in [-0.25, -0.2) is 9.67 Å². The van der Waals surface area contributed by atoms with Gasteiger partial charge in [0, 0.05) is 63.0 Å². The number of hydrogen-bond donors (Lipinski definition) is 0. The largest absolute Gasteiger partial charge is 0.383 e. The molecule has 1 atom stereocenters. The van der Waals surface area contributed by atoms with Crippen molar-refractivity contribution >= 4 is 5.91 Å². The van der Waals surface area contributed by atoms with E-state index in [2.05, 4.69) is 14.6 Å². The SMILES string of the molecule is COCCn1ccnc1C1CCCN(C(=O)c2ccc(-n3cccn3)cc2)C1. The number of amides is 1. The highest BCUT2D eigenvalue weighted by atomic mass is 16.5. The van der Waals surface area contributed by atoms with Gasteiger partial charge in [0.25, 0.3) is 5.91 Å². The Balaban J connectivity index is 1.45. The number of nitrogens with zero attached hydrogens (tertiary/aromatic N) is 5. The molecule has 1 unspecified atom stereocenters. The van der Waals surface area contributed by atoms with E-state index in [-0.39, 0.29) is 11.8 Å². The molecular formula is C21H25N5O2. The minimum Gasteiger partial charge on any atom is -0.383 e. The van der Waals surface area contributed by atoms with Crippen LogP contribution in [0.4, 0.5) is 0 Å². The summed E-state index contributed by atoms with van der Waals surface area (Å²) >= 11 is 0. The van der Waals surface area contributed by atoms with Gasteiger partial charge in [-0.05, 0) is 43.2 Å². The van der Waals surface area contributed by atoms with E-state index < -0.39 is 0 Å². The zero-order valence-electron chi connectivity index (χ0n) is 16.1. The van der Waals surface area contributed by atoms with E-state index in [1.54, 1.807) is 18.0 Å². The van der Waals surface area contributed by atoms with Crippen molar-refractivity contribution in [1.29, 1.82) is 0 Å². The van der Waals surface area contributed by atoms with Crippen molar-refractivity contribution < 1.29 is 9.53 Å². The van der Waals surface area contributed by atoms with Crippen LogP contribution in [-0.4, -0.2) is 56.9 Å². The fourth-order valence-corrected chi connectivity index (χ4v) is 3.79. The highest BCUT2D eigenvalue weighted by Gasteiger charge is 2.28. The first-order valence-corrected chi connectivity index (χ1v) is 9.65. The van der Waals surface area contributed by atoms with Crippen LogP contribution in [0.2, 0.25) is 0 Å². The van der Waals surface area contributed by atoms with Crippen molar-refractivity contribution in [1.82, 2.24) is 24.2 Å². The van der Waals surface area contributed by atoms with E-state index in [0.29, 0.717) is 18.7 Å². The summed E-state index contributed by atoms with van der Waals surface area (Å²) in [5.74, 6) is 1.38. The molecule has 1 aromatic carbocycles. The zero-order chi connectivity index (χ0) is 19.3. The van der Waals surface area contributed by atoms with E-state index in [4.69, 9.17) is 4.74 Å². The van der Waals surface area contributed by atoms with E-state index in [0.717, 1.165) is 37.4 Å². The summed E-state index contributed by atoms with van der Waals surface area (Å²) in [4.78, 5) is 19.5. The summed E-state index contributed by atoms with van der Waals surface area (Å²) in [5, 5.41) is 4.22. The molecule has 1 fully saturated rings. The number of hydrogen-bond acceptors (Lipinski definition) is 4. The third kappa shape index (κ3) is 3.84. The van der Waals surface area contributed by atoms with Gasteiger partial charge in [-0.1, -0.05) is 0 Å². The van der Waals surface area contributed by atoms with Crippen LogP contribution in [0.3, 0.4) is 0 Å². The molecule has 7 heteroatoms. The Morgan fingerprint density at radius 1 is 1.21 bits per heavy atom. The predicted molar refractivity (Wildman–Crippen MR) is 106 cm³/mol. The number of methoxy groups -OCH3 is 1. The molecule has 2 aromatic heterocycles. The second-order valence-electron chi connectivity index (χ2n) is 7.06. The number of carbonyl (C=O) groups is 1. The number of rotatable bonds is 6. The fourth-order valence-electron chi connectivity index (χ4n) is 3.79. The first-order valence-electron chi connectivity index (χ1n) is 9.65. The summed E-state index contributed by atoms with van der Waals surface area (Å²) in [7, 11) is 1.70. The van der Waals surface area contributed by atoms with Crippen molar-refractivity contribution in [2.75, 3.05) is 26.8 Å². The van der Waals surface area contributed by atoms with Gasteiger partial charge in [-0.2, -0.15) is 5.10 Å². The smallest absolute Gasteiger partial charge is 0.253 e. The van der Waals surface area contributed by atoms with E-state index >= 15 is 0 Å². The Hall–Kier alpha value is -2.93. The van der Waals surface area contributed by atoms with E-state index in [1.807, 2.05) is 53.8 Å². The van der Waals surface area contributed by atoms with Crippen LogP contribution in [0.5, 0.6) is 0 Å². The van der Waals surface area contributed by atoms with Crippen LogP contribution in [-0.2, 0) is 11.3 Å². The second-order valence-corrected chi connectivity index (χ2v) is 7.06. The average molecular weight is 379 g/mol. The molecule has 1 aliphatic rings. The maximum atomic E-state index is 13.0. The molecule has 0 aliphatic carbocycles. The van der Waals surface area contributed by atoms with Gasteiger partial charge < -0.3 is 14.2 Å². The highest BCUT2D eigenvalue weighted by molar-refractivity contribution is 5.94. The molecule has 1 saturated heterocycles. The van der Waals surface area contributed by atoms with Crippen molar-refractivity contribution in [2.45, 2.75) is 25.3 Å². The van der Waals surface area contributed by atoms with E-state index in [9.17, 15) is 4.79 Å². The Morgan fingerprint density at radius 2 is 2.07 bits per heavy atom. The summed E-state index contributed by atoms with van der Waals surface area (Å²) in [6.45, 7) is 2.92. The lowest BCUT2D eigenvalue weighted by Crippen LogP contribution is -2.39. The van der Waals surface area contributed by atoms with Crippen LogP contribution in [0.15, 0.2) is 55.1 Å². The molecule has 3 aromatic rings. The van der Waals surface area contributed by atoms with Crippen LogP contribution in [0.1, 0.15) is 34.9 Å². The van der Waals surface area contributed by atoms with Gasteiger partial charge in [0.15, 0.2) is 0 Å². The first-order chi connectivity index (χ1) is 13.8. The number of benzene rings is 1. The van der Waals surface area contributed by atoms with Gasteiger partial charge in [-0.3, -0.25) is 4.79 Å². The Labute approximate surface area is 164 Å². The molecule has 0 spiro atoms. The minimum absolute atomic E-state index is 0.0757. The van der Waals surface area contributed by atoms with Crippen molar-refractivity contribution in [2.24, 2.45) is 0 Å². The minimum atomic E-state index is 0.0757. The fraction of sp³-hybridized carbons (Fsp3) is 0.381. The molecule has 0 radical (unpaired) electrons. The van der Waals surface area contributed by atoms with Crippen LogP contribution < -0.4 is 0 Å². The molecule has 0 bridgehead atoms. The number of ether oxygens (including phenoxy) is 1. The third-order valence-corrected chi connectivity index (χ3v) is 5.24. The van der Waals surface area contributed by atoms with Crippen molar-refractivity contribution in [3.05, 3.63) is 66.5 Å². The summed E-state index contributed by atoms with van der Waals surface area (Å²) in [5.41, 5.74) is 1.65. The molecule has 1 amide bonds. The normalized spacial score (nSPS) is 17.0. The molecule has 28 heavy (non-hydrogen) atoms. The molecule has 0 saturated carbocycles.